The van der Waals surface area contributed by atoms with Gasteiger partial charge >= 0.3 is 11.9 Å². The number of anilines is 4. The Morgan fingerprint density at radius 1 is 0.565 bits per heavy atom. The maximum Gasteiger partial charge on any atom is 0.349 e. The SMILES string of the molecule is NCCN1CCN(c2ccncc2)CC1.O=C(Nc1cccc2c1C(=O)N(CCN1CCN(c3ccncc3)CC1)C2=O)c1ccc(Cl)s1.O=C(Nc1cccc2c1C(=O)OC2=O)c1ccc(Cl)s1. The van der Waals surface area contributed by atoms with Crippen LogP contribution in [0.4, 0.5) is 22.7 Å². The quantitative estimate of drug-likeness (QED) is 0.0712. The molecule has 0 unspecified atom stereocenters. The van der Waals surface area contributed by atoms with Gasteiger partial charge in [-0.25, -0.2) is 9.59 Å². The number of amides is 4. The van der Waals surface area contributed by atoms with Crippen molar-refractivity contribution in [1.82, 2.24) is 24.7 Å². The largest absolute Gasteiger partial charge is 0.386 e. The Morgan fingerprint density at radius 2 is 1.04 bits per heavy atom. The van der Waals surface area contributed by atoms with E-state index in [9.17, 15) is 28.8 Å². The Morgan fingerprint density at radius 3 is 1.52 bits per heavy atom. The molecule has 6 aromatic rings. The number of nitrogens with one attached hydrogen (secondary N) is 2. The van der Waals surface area contributed by atoms with E-state index in [-0.39, 0.29) is 40.1 Å². The van der Waals surface area contributed by atoms with Crippen LogP contribution in [0.3, 0.4) is 0 Å². The molecule has 4 N–H and O–H groups in total. The number of nitrogens with zero attached hydrogens (tertiary/aromatic N) is 7. The number of carbonyl (C=O) groups is 6. The first-order chi connectivity index (χ1) is 33.5. The van der Waals surface area contributed by atoms with E-state index in [4.69, 9.17) is 28.9 Å². The second-order valence-electron chi connectivity index (χ2n) is 15.9. The first-order valence-corrected chi connectivity index (χ1v) is 24.3. The molecule has 4 amide bonds. The molecule has 4 aromatic heterocycles. The zero-order valence-corrected chi connectivity index (χ0v) is 40.2. The minimum atomic E-state index is -0.759. The topological polar surface area (TPSA) is 204 Å². The molecule has 0 bridgehead atoms. The third-order valence-corrected chi connectivity index (χ3v) is 14.1. The molecule has 69 heavy (non-hydrogen) atoms. The standard InChI is InChI=1S/C24H22ClN5O3S.C13H6ClNO4S.C11H18N4/c25-20-5-4-19(34-20)22(31)27-18-3-1-2-17-21(18)24(33)30(23(17)32)15-12-28-10-13-29(14-11-28)16-6-8-26-9-7-16;14-9-5-4-8(20-9)11(16)15-7-3-1-2-6-10(7)13(18)19-12(6)17;12-3-6-14-7-9-15(10-8-14)11-1-4-13-5-2-11/h1-9H,10-15H2,(H,27,31);1-5H,(H,15,16);1-2,4-5H,3,6-10,12H2. The van der Waals surface area contributed by atoms with Gasteiger partial charge in [-0.3, -0.25) is 43.8 Å². The molecule has 4 aliphatic rings. The van der Waals surface area contributed by atoms with Crippen LogP contribution >= 0.6 is 45.9 Å². The van der Waals surface area contributed by atoms with Crippen molar-refractivity contribution in [3.05, 3.63) is 150 Å². The zero-order chi connectivity index (χ0) is 48.4. The number of aromatic nitrogens is 2. The highest BCUT2D eigenvalue weighted by Gasteiger charge is 2.38. The first kappa shape index (κ1) is 48.9. The fourth-order valence-corrected chi connectivity index (χ4v) is 9.99. The van der Waals surface area contributed by atoms with E-state index in [0.717, 1.165) is 93.8 Å². The van der Waals surface area contributed by atoms with Gasteiger partial charge < -0.3 is 30.9 Å². The fraction of sp³-hybridized carbons (Fsp3) is 0.250. The smallest absolute Gasteiger partial charge is 0.349 e. The lowest BCUT2D eigenvalue weighted by molar-refractivity contribution is 0.0442. The van der Waals surface area contributed by atoms with Crippen LogP contribution < -0.4 is 26.2 Å². The summed E-state index contributed by atoms with van der Waals surface area (Å²) in [4.78, 5) is 93.3. The summed E-state index contributed by atoms with van der Waals surface area (Å²) in [6.45, 7) is 10.5. The number of fused-ring (bicyclic) bond motifs is 2. The van der Waals surface area contributed by atoms with Gasteiger partial charge in [0.1, 0.15) is 0 Å². The number of piperazine rings is 2. The van der Waals surface area contributed by atoms with Crippen molar-refractivity contribution in [2.24, 2.45) is 5.73 Å². The van der Waals surface area contributed by atoms with Gasteiger partial charge in [0.2, 0.25) is 0 Å². The number of ether oxygens (including phenoxy) is 1. The summed E-state index contributed by atoms with van der Waals surface area (Å²) in [6, 6.07) is 24.1. The number of hydrogen-bond acceptors (Lipinski definition) is 16. The van der Waals surface area contributed by atoms with Crippen molar-refractivity contribution in [3.8, 4) is 0 Å². The minimum absolute atomic E-state index is 0.0773. The molecule has 17 nitrogen and oxygen atoms in total. The Balaban J connectivity index is 0.000000155. The van der Waals surface area contributed by atoms with Crippen molar-refractivity contribution in [2.45, 2.75) is 0 Å². The third kappa shape index (κ3) is 11.8. The molecule has 0 aliphatic carbocycles. The molecule has 4 aliphatic heterocycles. The first-order valence-electron chi connectivity index (χ1n) is 21.9. The van der Waals surface area contributed by atoms with Crippen LogP contribution in [-0.4, -0.2) is 139 Å². The molecule has 0 saturated carbocycles. The van der Waals surface area contributed by atoms with Gasteiger partial charge in [-0.1, -0.05) is 35.3 Å². The number of pyridine rings is 2. The van der Waals surface area contributed by atoms with E-state index in [1.807, 2.05) is 24.5 Å². The molecule has 0 radical (unpaired) electrons. The molecule has 2 fully saturated rings. The molecule has 21 heteroatoms. The molecule has 2 aromatic carbocycles. The zero-order valence-electron chi connectivity index (χ0n) is 37.0. The van der Waals surface area contributed by atoms with E-state index < -0.39 is 17.8 Å². The van der Waals surface area contributed by atoms with Crippen molar-refractivity contribution in [2.75, 3.05) is 99.0 Å². The molecule has 8 heterocycles. The lowest BCUT2D eigenvalue weighted by Gasteiger charge is -2.36. The van der Waals surface area contributed by atoms with E-state index in [2.05, 4.69) is 57.1 Å². The Hall–Kier alpha value is -6.58. The number of benzene rings is 2. The van der Waals surface area contributed by atoms with Crippen LogP contribution in [0.15, 0.2) is 110 Å². The normalized spacial score (nSPS) is 15.7. The number of esters is 2. The highest BCUT2D eigenvalue weighted by atomic mass is 35.5. The van der Waals surface area contributed by atoms with Gasteiger partial charge in [-0.05, 0) is 72.8 Å². The summed E-state index contributed by atoms with van der Waals surface area (Å²) in [5, 5.41) is 5.34. The molecule has 2 saturated heterocycles. The second kappa shape index (κ2) is 22.7. The summed E-state index contributed by atoms with van der Waals surface area (Å²) in [7, 11) is 0. The van der Waals surface area contributed by atoms with Gasteiger partial charge in [0, 0.05) is 115 Å². The monoisotopic (exact) mass is 1010 g/mol. The maximum atomic E-state index is 13.2. The number of hydrogen-bond donors (Lipinski definition) is 3. The van der Waals surface area contributed by atoms with Gasteiger partial charge in [-0.2, -0.15) is 0 Å². The molecule has 10 rings (SSSR count). The van der Waals surface area contributed by atoms with Crippen LogP contribution in [0.5, 0.6) is 0 Å². The predicted octanol–water partition coefficient (Wildman–Crippen LogP) is 6.59. The summed E-state index contributed by atoms with van der Waals surface area (Å²) < 4.78 is 5.51. The summed E-state index contributed by atoms with van der Waals surface area (Å²) >= 11 is 14.0. The van der Waals surface area contributed by atoms with Gasteiger partial charge in [0.15, 0.2) is 0 Å². The average Bonchev–Trinajstić information content (AvgIpc) is 4.15. The van der Waals surface area contributed by atoms with Crippen molar-refractivity contribution < 1.29 is 33.5 Å². The highest BCUT2D eigenvalue weighted by Crippen LogP contribution is 2.32. The molecule has 356 valence electrons. The fourth-order valence-electron chi connectivity index (χ4n) is 8.11. The van der Waals surface area contributed by atoms with E-state index in [0.29, 0.717) is 42.8 Å². The van der Waals surface area contributed by atoms with Gasteiger partial charge in [0.25, 0.3) is 23.6 Å². The third-order valence-electron chi connectivity index (χ3n) is 11.6. The lowest BCUT2D eigenvalue weighted by atomic mass is 10.1. The average molecular weight is 1010 g/mol. The van der Waals surface area contributed by atoms with E-state index in [1.54, 1.807) is 60.9 Å². The van der Waals surface area contributed by atoms with Crippen LogP contribution in [-0.2, 0) is 4.74 Å². The highest BCUT2D eigenvalue weighted by molar-refractivity contribution is 7.18. The Labute approximate surface area is 415 Å². The maximum absolute atomic E-state index is 13.2. The summed E-state index contributed by atoms with van der Waals surface area (Å²) in [6.07, 6.45) is 7.27. The molecular formula is C48H46Cl2N10O7S2. The van der Waals surface area contributed by atoms with Crippen LogP contribution in [0.1, 0.15) is 60.8 Å². The molecule has 0 atom stereocenters. The van der Waals surface area contributed by atoms with E-state index in [1.165, 1.54) is 22.7 Å². The summed E-state index contributed by atoms with van der Waals surface area (Å²) in [5.41, 5.74) is 9.32. The number of thiophene rings is 2. The van der Waals surface area contributed by atoms with Gasteiger partial charge in [-0.15, -0.1) is 22.7 Å². The van der Waals surface area contributed by atoms with Crippen molar-refractivity contribution in [3.63, 3.8) is 0 Å². The number of imide groups is 1. The number of rotatable bonds is 11. The predicted molar refractivity (Wildman–Crippen MR) is 267 cm³/mol. The summed E-state index contributed by atoms with van der Waals surface area (Å²) in [5.74, 6) is -2.94. The molecular weight excluding hydrogens is 964 g/mol. The van der Waals surface area contributed by atoms with Crippen LogP contribution in [0, 0.1) is 0 Å². The number of halogens is 2. The van der Waals surface area contributed by atoms with Crippen LogP contribution in [0.2, 0.25) is 8.67 Å². The second-order valence-corrected chi connectivity index (χ2v) is 19.3. The van der Waals surface area contributed by atoms with E-state index >= 15 is 0 Å². The number of carbonyl (C=O) groups excluding carboxylic acids is 6. The Kier molecular flexibility index (Phi) is 16.1. The number of cyclic esters (lactones) is 2. The Bertz CT molecular complexity index is 2830. The molecule has 0 spiro atoms. The van der Waals surface area contributed by atoms with Crippen molar-refractivity contribution >= 4 is 104 Å². The lowest BCUT2D eigenvalue weighted by Crippen LogP contribution is -2.49. The van der Waals surface area contributed by atoms with Gasteiger partial charge in [0.05, 0.1) is 52.1 Å². The minimum Gasteiger partial charge on any atom is -0.386 e. The number of nitrogens with two attached hydrogens (primary N) is 1. The van der Waals surface area contributed by atoms with Crippen LogP contribution in [0.25, 0.3) is 0 Å². The van der Waals surface area contributed by atoms with Crippen molar-refractivity contribution in [1.29, 1.82) is 0 Å².